The van der Waals surface area contributed by atoms with E-state index in [0.717, 1.165) is 0 Å². The normalized spacial score (nSPS) is 24.9. The zero-order chi connectivity index (χ0) is 13.6. The predicted molar refractivity (Wildman–Crippen MR) is 56.3 cm³/mol. The van der Waals surface area contributed by atoms with Gasteiger partial charge in [-0.2, -0.15) is 8.78 Å². The molecule has 0 aromatic carbocycles. The molecular weight excluding hydrogens is 274 g/mol. The van der Waals surface area contributed by atoms with Crippen molar-refractivity contribution in [3.8, 4) is 0 Å². The minimum atomic E-state index is -3.95. The third-order valence-corrected chi connectivity index (χ3v) is 3.24. The van der Waals surface area contributed by atoms with Crippen LogP contribution in [0.4, 0.5) is 8.78 Å². The molecule has 0 saturated heterocycles. The Morgan fingerprint density at radius 1 is 1.33 bits per heavy atom. The molecule has 0 aromatic heterocycles. The zero-order valence-electron chi connectivity index (χ0n) is 9.38. The second-order valence-electron chi connectivity index (χ2n) is 3.97. The van der Waals surface area contributed by atoms with E-state index in [4.69, 9.17) is 10.4 Å². The Morgan fingerprint density at radius 2 is 1.94 bits per heavy atom. The van der Waals surface area contributed by atoms with Crippen LogP contribution < -0.4 is 0 Å². The first-order valence-electron chi connectivity index (χ1n) is 5.35. The van der Waals surface area contributed by atoms with Crippen molar-refractivity contribution in [2.24, 2.45) is 5.92 Å². The molecule has 0 aromatic rings. The zero-order valence-corrected chi connectivity index (χ0v) is 10.2. The number of alkyl halides is 2. The van der Waals surface area contributed by atoms with Crippen molar-refractivity contribution in [1.82, 2.24) is 0 Å². The van der Waals surface area contributed by atoms with Crippen LogP contribution >= 0.6 is 12.0 Å². The van der Waals surface area contributed by atoms with Crippen molar-refractivity contribution in [3.63, 3.8) is 0 Å². The minimum Gasteiger partial charge on any atom is -0.457 e. The summed E-state index contributed by atoms with van der Waals surface area (Å²) in [6, 6.07) is 0. The van der Waals surface area contributed by atoms with Crippen LogP contribution in [0.2, 0.25) is 0 Å². The van der Waals surface area contributed by atoms with E-state index < -0.39 is 29.4 Å². The van der Waals surface area contributed by atoms with E-state index in [2.05, 4.69) is 14.1 Å². The van der Waals surface area contributed by atoms with Gasteiger partial charge in [-0.25, -0.2) is 10.1 Å². The summed E-state index contributed by atoms with van der Waals surface area (Å²) in [4.78, 5) is 11.1. The summed E-state index contributed by atoms with van der Waals surface area (Å²) in [5, 5.41) is 15.7. The second kappa shape index (κ2) is 7.19. The topological polar surface area (TPSA) is 85.2 Å². The molecular formula is C9H14F2O6S. The highest BCUT2D eigenvalue weighted by molar-refractivity contribution is 7.96. The fraction of sp³-hybridized carbons (Fsp3) is 0.889. The van der Waals surface area contributed by atoms with E-state index >= 15 is 0 Å². The number of rotatable bonds is 6. The lowest BCUT2D eigenvalue weighted by atomic mass is 9.88. The highest BCUT2D eigenvalue weighted by Crippen LogP contribution is 2.33. The second-order valence-corrected chi connectivity index (χ2v) is 4.79. The largest absolute Gasteiger partial charge is 0.457 e. The number of hydrogen-bond donors (Lipinski definition) is 2. The highest BCUT2D eigenvalue weighted by Gasteiger charge is 2.45. The number of ether oxygens (including phenoxy) is 1. The number of carbonyl (C=O) groups excluding carboxylic acids is 1. The molecule has 106 valence electrons. The Labute approximate surface area is 106 Å². The quantitative estimate of drug-likeness (QED) is 0.333. The van der Waals surface area contributed by atoms with Crippen molar-refractivity contribution in [1.29, 1.82) is 0 Å². The van der Waals surface area contributed by atoms with Crippen molar-refractivity contribution < 1.29 is 38.0 Å². The van der Waals surface area contributed by atoms with Gasteiger partial charge in [0.05, 0.1) is 0 Å². The van der Waals surface area contributed by atoms with Gasteiger partial charge >= 0.3 is 11.2 Å². The van der Waals surface area contributed by atoms with Gasteiger partial charge in [-0.15, -0.1) is 4.33 Å². The molecule has 0 radical (unpaired) electrons. The van der Waals surface area contributed by atoms with Crippen LogP contribution in [-0.4, -0.2) is 34.3 Å². The number of halogens is 2. The molecule has 1 fully saturated rings. The average Bonchev–Trinajstić information content (AvgIpc) is 2.37. The monoisotopic (exact) mass is 288 g/mol. The van der Waals surface area contributed by atoms with E-state index in [9.17, 15) is 13.6 Å². The van der Waals surface area contributed by atoms with Gasteiger partial charge in [0, 0.05) is 6.61 Å². The van der Waals surface area contributed by atoms with Gasteiger partial charge in [-0.1, -0.05) is 5.04 Å². The molecule has 1 aliphatic carbocycles. The minimum absolute atomic E-state index is 0.0500. The van der Waals surface area contributed by atoms with Crippen LogP contribution in [0.3, 0.4) is 0 Å². The number of aliphatic hydroxyl groups excluding tert-OH is 1. The van der Waals surface area contributed by atoms with Crippen molar-refractivity contribution >= 4 is 18.0 Å². The van der Waals surface area contributed by atoms with Gasteiger partial charge in [0.1, 0.15) is 18.1 Å². The first kappa shape index (κ1) is 15.6. The molecule has 9 heteroatoms. The third-order valence-electron chi connectivity index (χ3n) is 2.73. The molecule has 0 unspecified atom stereocenters. The summed E-state index contributed by atoms with van der Waals surface area (Å²) in [6.45, 7) is 0.0500. The molecule has 1 saturated carbocycles. The van der Waals surface area contributed by atoms with Gasteiger partial charge in [0.15, 0.2) is 0 Å². The van der Waals surface area contributed by atoms with E-state index in [0.29, 0.717) is 25.7 Å². The molecule has 0 bridgehead atoms. The Morgan fingerprint density at radius 3 is 2.44 bits per heavy atom. The number of hydrogen-bond acceptors (Lipinski definition) is 7. The maximum Gasteiger partial charge on any atom is 0.415 e. The van der Waals surface area contributed by atoms with E-state index in [-0.39, 0.29) is 12.5 Å². The van der Waals surface area contributed by atoms with Crippen molar-refractivity contribution in [3.05, 3.63) is 0 Å². The lowest BCUT2D eigenvalue weighted by molar-refractivity contribution is -0.433. The fourth-order valence-electron chi connectivity index (χ4n) is 1.74. The Balaban J connectivity index is 2.36. The maximum atomic E-state index is 13.0. The Kier molecular flexibility index (Phi) is 6.22. The molecule has 1 rings (SSSR count). The lowest BCUT2D eigenvalue weighted by Gasteiger charge is -2.27. The molecule has 0 aliphatic heterocycles. The van der Waals surface area contributed by atoms with Gasteiger partial charge in [0.25, 0.3) is 0 Å². The van der Waals surface area contributed by atoms with Crippen LogP contribution in [0, 0.1) is 5.92 Å². The molecule has 0 atom stereocenters. The molecule has 18 heavy (non-hydrogen) atoms. The van der Waals surface area contributed by atoms with Gasteiger partial charge in [-0.3, -0.25) is 0 Å². The van der Waals surface area contributed by atoms with E-state index in [1.54, 1.807) is 0 Å². The summed E-state index contributed by atoms with van der Waals surface area (Å²) in [5.74, 6) is -1.60. The van der Waals surface area contributed by atoms with Gasteiger partial charge < -0.3 is 9.84 Å². The summed E-state index contributed by atoms with van der Waals surface area (Å²) < 4.78 is 34.2. The molecule has 0 heterocycles. The lowest BCUT2D eigenvalue weighted by Crippen LogP contribution is -2.33. The van der Waals surface area contributed by atoms with E-state index in [1.165, 1.54) is 0 Å². The van der Waals surface area contributed by atoms with Crippen LogP contribution in [0.25, 0.3) is 0 Å². The maximum absolute atomic E-state index is 13.0. The summed E-state index contributed by atoms with van der Waals surface area (Å²) >= 11 is -0.640. The van der Waals surface area contributed by atoms with Crippen LogP contribution in [0.15, 0.2) is 0 Å². The third kappa shape index (κ3) is 4.65. The number of aliphatic hydroxyl groups is 1. The van der Waals surface area contributed by atoms with Crippen LogP contribution in [-0.2, 0) is 18.9 Å². The summed E-state index contributed by atoms with van der Waals surface area (Å²) in [7, 11) is 0. The highest BCUT2D eigenvalue weighted by atomic mass is 32.2. The molecule has 1 aliphatic rings. The fourth-order valence-corrected chi connectivity index (χ4v) is 1.98. The Hall–Kier alpha value is -0.480. The van der Waals surface area contributed by atoms with Crippen molar-refractivity contribution in [2.75, 3.05) is 6.61 Å². The van der Waals surface area contributed by atoms with Gasteiger partial charge in [-0.05, 0) is 31.6 Å². The summed E-state index contributed by atoms with van der Waals surface area (Å²) in [5.41, 5.74) is 0. The van der Waals surface area contributed by atoms with E-state index in [1.807, 2.05) is 0 Å². The molecule has 0 spiro atoms. The SMILES string of the molecule is O=C(OC1CCC(CO)CC1)C(F)(F)SOOO. The van der Waals surface area contributed by atoms with Crippen LogP contribution in [0.5, 0.6) is 0 Å². The average molecular weight is 288 g/mol. The smallest absolute Gasteiger partial charge is 0.415 e. The number of esters is 1. The van der Waals surface area contributed by atoms with Gasteiger partial charge in [0.2, 0.25) is 0 Å². The number of carbonyl (C=O) groups is 1. The summed E-state index contributed by atoms with van der Waals surface area (Å²) in [6.07, 6.45) is 1.55. The first-order valence-corrected chi connectivity index (χ1v) is 6.09. The van der Waals surface area contributed by atoms with Crippen molar-refractivity contribution in [2.45, 2.75) is 37.0 Å². The molecule has 0 amide bonds. The molecule has 6 nitrogen and oxygen atoms in total. The Bertz CT molecular complexity index is 270. The van der Waals surface area contributed by atoms with Crippen LogP contribution in [0.1, 0.15) is 25.7 Å². The standard InChI is InChI=1S/C9H14F2O6S/c10-9(11,18-17-16-14)8(13)15-7-3-1-6(5-12)2-4-7/h6-7,12,14H,1-5H2. The first-order chi connectivity index (χ1) is 8.49. The molecule has 2 N–H and O–H groups in total. The predicted octanol–water partition coefficient (Wildman–Crippen LogP) is 1.74.